The van der Waals surface area contributed by atoms with Gasteiger partial charge in [-0.25, -0.2) is 4.39 Å². The zero-order valence-corrected chi connectivity index (χ0v) is 15.9. The fourth-order valence-corrected chi connectivity index (χ4v) is 3.38. The second-order valence-corrected chi connectivity index (χ2v) is 6.60. The molecule has 4 nitrogen and oxygen atoms in total. The van der Waals surface area contributed by atoms with Crippen molar-refractivity contribution in [3.63, 3.8) is 0 Å². The van der Waals surface area contributed by atoms with Gasteiger partial charge in [0.1, 0.15) is 17.3 Å². The van der Waals surface area contributed by atoms with Gasteiger partial charge in [-0.3, -0.25) is 0 Å². The minimum atomic E-state index is -0.386. The second kappa shape index (κ2) is 9.42. The average molecular weight is 370 g/mol. The minimum Gasteiger partial charge on any atom is -0.497 e. The summed E-state index contributed by atoms with van der Waals surface area (Å²) in [5.74, 6) is 1.37. The van der Waals surface area contributed by atoms with Crippen LogP contribution in [-0.2, 0) is 6.42 Å². The molecule has 5 heteroatoms. The van der Waals surface area contributed by atoms with Gasteiger partial charge in [0.25, 0.3) is 0 Å². The maximum absolute atomic E-state index is 14.7. The van der Waals surface area contributed by atoms with Crippen molar-refractivity contribution in [3.05, 3.63) is 65.5 Å². The van der Waals surface area contributed by atoms with Gasteiger partial charge in [0, 0.05) is 37.0 Å². The molecule has 0 bridgehead atoms. The average Bonchev–Trinajstić information content (AvgIpc) is 2.70. The quantitative estimate of drug-likeness (QED) is 0.697. The number of anilines is 1. The number of ether oxygens (including phenoxy) is 2. The molecule has 1 atom stereocenters. The van der Waals surface area contributed by atoms with Crippen LogP contribution < -0.4 is 20.1 Å². The van der Waals surface area contributed by atoms with Crippen LogP contribution in [0.4, 0.5) is 10.1 Å². The first-order valence-electron chi connectivity index (χ1n) is 9.35. The van der Waals surface area contributed by atoms with Crippen molar-refractivity contribution < 1.29 is 13.9 Å². The highest BCUT2D eigenvalue weighted by Crippen LogP contribution is 2.30. The Morgan fingerprint density at radius 1 is 1.04 bits per heavy atom. The number of methoxy groups -OCH3 is 2. The largest absolute Gasteiger partial charge is 0.497 e. The predicted octanol–water partition coefficient (Wildman–Crippen LogP) is 4.64. The molecule has 2 N–H and O–H groups in total. The molecule has 0 aliphatic heterocycles. The number of hydrogen-bond donors (Lipinski definition) is 2. The first kappa shape index (κ1) is 19.2. The van der Waals surface area contributed by atoms with E-state index in [0.717, 1.165) is 42.0 Å². The van der Waals surface area contributed by atoms with E-state index in [0.29, 0.717) is 13.1 Å². The Kier molecular flexibility index (Phi) is 6.71. The SMILES string of the molecule is COc1cc(NCCNC2/C(F)=C\CCCc3ccccc32)cc(OC)c1. The maximum atomic E-state index is 14.7. The van der Waals surface area contributed by atoms with Crippen LogP contribution in [0.25, 0.3) is 0 Å². The van der Waals surface area contributed by atoms with Crippen molar-refractivity contribution >= 4 is 5.69 Å². The van der Waals surface area contributed by atoms with E-state index < -0.39 is 0 Å². The summed E-state index contributed by atoms with van der Waals surface area (Å²) in [6.07, 6.45) is 4.46. The molecule has 1 aliphatic rings. The molecule has 0 spiro atoms. The van der Waals surface area contributed by atoms with Crippen molar-refractivity contribution in [1.29, 1.82) is 0 Å². The molecule has 27 heavy (non-hydrogen) atoms. The van der Waals surface area contributed by atoms with Crippen molar-refractivity contribution in [2.45, 2.75) is 25.3 Å². The van der Waals surface area contributed by atoms with E-state index in [2.05, 4.69) is 16.7 Å². The number of halogens is 1. The van der Waals surface area contributed by atoms with Crippen LogP contribution >= 0.6 is 0 Å². The highest BCUT2D eigenvalue weighted by Gasteiger charge is 2.20. The summed E-state index contributed by atoms with van der Waals surface area (Å²) < 4.78 is 25.2. The first-order valence-corrected chi connectivity index (χ1v) is 9.35. The van der Waals surface area contributed by atoms with Crippen molar-refractivity contribution in [2.24, 2.45) is 0 Å². The van der Waals surface area contributed by atoms with Gasteiger partial charge in [0.2, 0.25) is 0 Å². The molecule has 3 rings (SSSR count). The number of allylic oxidation sites excluding steroid dienone is 1. The second-order valence-electron chi connectivity index (χ2n) is 6.60. The number of rotatable bonds is 7. The number of benzene rings is 2. The van der Waals surface area contributed by atoms with Gasteiger partial charge in [-0.1, -0.05) is 30.3 Å². The van der Waals surface area contributed by atoms with Crippen LogP contribution in [0.2, 0.25) is 0 Å². The summed E-state index contributed by atoms with van der Waals surface area (Å²) in [4.78, 5) is 0. The molecule has 0 radical (unpaired) electrons. The lowest BCUT2D eigenvalue weighted by Gasteiger charge is -2.23. The highest BCUT2D eigenvalue weighted by molar-refractivity contribution is 5.53. The molecular formula is C22H27FN2O2. The van der Waals surface area contributed by atoms with Crippen LogP contribution in [0, 0.1) is 0 Å². The third kappa shape index (κ3) is 5.01. The van der Waals surface area contributed by atoms with E-state index >= 15 is 0 Å². The molecule has 0 aromatic heterocycles. The van der Waals surface area contributed by atoms with Crippen LogP contribution in [0.1, 0.15) is 30.0 Å². The molecular weight excluding hydrogens is 343 g/mol. The molecule has 0 fully saturated rings. The van der Waals surface area contributed by atoms with Gasteiger partial charge < -0.3 is 20.1 Å². The van der Waals surface area contributed by atoms with Gasteiger partial charge in [-0.2, -0.15) is 0 Å². The topological polar surface area (TPSA) is 42.5 Å². The van der Waals surface area contributed by atoms with E-state index in [-0.39, 0.29) is 11.9 Å². The first-order chi connectivity index (χ1) is 13.2. The molecule has 0 saturated carbocycles. The summed E-state index contributed by atoms with van der Waals surface area (Å²) in [5, 5.41) is 6.69. The van der Waals surface area contributed by atoms with E-state index in [1.165, 1.54) is 5.56 Å². The molecule has 0 heterocycles. The van der Waals surface area contributed by atoms with E-state index in [9.17, 15) is 4.39 Å². The summed E-state index contributed by atoms with van der Waals surface area (Å²) in [7, 11) is 3.25. The van der Waals surface area contributed by atoms with Crippen molar-refractivity contribution in [2.75, 3.05) is 32.6 Å². The summed E-state index contributed by atoms with van der Waals surface area (Å²) in [5.41, 5.74) is 3.17. The van der Waals surface area contributed by atoms with Crippen LogP contribution in [0.15, 0.2) is 54.4 Å². The standard InChI is InChI=1S/C22H27FN2O2/c1-26-18-13-17(14-19(15-18)27-2)24-11-12-25-22-20-9-5-3-7-16(20)8-4-6-10-21(22)23/h3,5,7,9-10,13-15,22,24-25H,4,6,8,11-12H2,1-2H3/b21-10+. The van der Waals surface area contributed by atoms with Gasteiger partial charge in [-0.05, 0) is 30.4 Å². The van der Waals surface area contributed by atoms with Gasteiger partial charge in [0.05, 0.1) is 20.3 Å². The third-order valence-electron chi connectivity index (χ3n) is 4.79. The highest BCUT2D eigenvalue weighted by atomic mass is 19.1. The smallest absolute Gasteiger partial charge is 0.124 e. The monoisotopic (exact) mass is 370 g/mol. The Labute approximate surface area is 160 Å². The molecule has 1 aliphatic carbocycles. The van der Waals surface area contributed by atoms with E-state index in [4.69, 9.17) is 9.47 Å². The normalized spacial score (nSPS) is 18.5. The van der Waals surface area contributed by atoms with Gasteiger partial charge in [0.15, 0.2) is 0 Å². The minimum absolute atomic E-state index is 0.0924. The van der Waals surface area contributed by atoms with Gasteiger partial charge in [-0.15, -0.1) is 0 Å². The number of aryl methyl sites for hydroxylation is 1. The Morgan fingerprint density at radius 3 is 2.52 bits per heavy atom. The van der Waals surface area contributed by atoms with Crippen LogP contribution in [0.5, 0.6) is 11.5 Å². The van der Waals surface area contributed by atoms with E-state index in [1.54, 1.807) is 20.3 Å². The maximum Gasteiger partial charge on any atom is 0.124 e. The lowest BCUT2D eigenvalue weighted by molar-refractivity contribution is 0.394. The summed E-state index contributed by atoms with van der Waals surface area (Å²) in [6.45, 7) is 1.28. The van der Waals surface area contributed by atoms with Crippen molar-refractivity contribution in [1.82, 2.24) is 5.32 Å². The summed E-state index contributed by atoms with van der Waals surface area (Å²) >= 11 is 0. The predicted molar refractivity (Wildman–Crippen MR) is 107 cm³/mol. The van der Waals surface area contributed by atoms with Crippen LogP contribution in [-0.4, -0.2) is 27.3 Å². The Hall–Kier alpha value is -2.53. The van der Waals surface area contributed by atoms with E-state index in [1.807, 2.05) is 36.4 Å². The van der Waals surface area contributed by atoms with Crippen LogP contribution in [0.3, 0.4) is 0 Å². The Balaban J connectivity index is 1.63. The molecule has 0 amide bonds. The summed E-state index contributed by atoms with van der Waals surface area (Å²) in [6, 6.07) is 13.4. The van der Waals surface area contributed by atoms with Crippen molar-refractivity contribution in [3.8, 4) is 11.5 Å². The zero-order chi connectivity index (χ0) is 19.1. The Bertz CT molecular complexity index is 769. The zero-order valence-electron chi connectivity index (χ0n) is 15.9. The molecule has 2 aromatic rings. The lowest BCUT2D eigenvalue weighted by Crippen LogP contribution is -2.28. The fourth-order valence-electron chi connectivity index (χ4n) is 3.38. The third-order valence-corrected chi connectivity index (χ3v) is 4.79. The molecule has 144 valence electrons. The number of hydrogen-bond acceptors (Lipinski definition) is 4. The molecule has 0 saturated heterocycles. The lowest BCUT2D eigenvalue weighted by atomic mass is 9.93. The Morgan fingerprint density at radius 2 is 1.78 bits per heavy atom. The molecule has 2 aromatic carbocycles. The number of nitrogens with one attached hydrogen (secondary N) is 2. The fraction of sp³-hybridized carbons (Fsp3) is 0.364. The molecule has 1 unspecified atom stereocenters. The number of fused-ring (bicyclic) bond motifs is 1. The van der Waals surface area contributed by atoms with Gasteiger partial charge >= 0.3 is 0 Å².